The van der Waals surface area contributed by atoms with Gasteiger partial charge in [0, 0.05) is 6.54 Å². The number of nitrogens with zero attached hydrogens (tertiary/aromatic N) is 1. The number of benzene rings is 1. The molecule has 0 bridgehead atoms. The highest BCUT2D eigenvalue weighted by molar-refractivity contribution is 6.04. The predicted octanol–water partition coefficient (Wildman–Crippen LogP) is 2.86. The summed E-state index contributed by atoms with van der Waals surface area (Å²) in [5.41, 5.74) is 0.876. The topological polar surface area (TPSA) is 49.4 Å². The zero-order chi connectivity index (χ0) is 13.7. The molecular formula is C15H20N2O2. The number of carbonyl (C=O) groups excluding carboxylic acids is 2. The van der Waals surface area contributed by atoms with E-state index in [1.807, 2.05) is 30.3 Å². The summed E-state index contributed by atoms with van der Waals surface area (Å²) >= 11 is 0. The Kier molecular flexibility index (Phi) is 4.55. The van der Waals surface area contributed by atoms with Gasteiger partial charge >= 0.3 is 6.03 Å². The van der Waals surface area contributed by atoms with Crippen molar-refractivity contribution in [2.75, 3.05) is 6.54 Å². The van der Waals surface area contributed by atoms with Crippen molar-refractivity contribution in [1.29, 1.82) is 0 Å². The van der Waals surface area contributed by atoms with Crippen LogP contribution in [0.25, 0.3) is 0 Å². The zero-order valence-electron chi connectivity index (χ0n) is 11.3. The summed E-state index contributed by atoms with van der Waals surface area (Å²) in [6, 6.07) is 8.74. The monoisotopic (exact) mass is 260 g/mol. The molecule has 0 radical (unpaired) electrons. The number of imide groups is 1. The van der Waals surface area contributed by atoms with E-state index in [4.69, 9.17) is 0 Å². The van der Waals surface area contributed by atoms with Gasteiger partial charge in [0.15, 0.2) is 0 Å². The number of nitrogens with one attached hydrogen (secondary N) is 1. The number of unbranched alkanes of at least 4 members (excludes halogenated alkanes) is 3. The van der Waals surface area contributed by atoms with Crippen LogP contribution in [0.15, 0.2) is 30.3 Å². The summed E-state index contributed by atoms with van der Waals surface area (Å²) in [5, 5.41) is 2.40. The number of urea groups is 1. The van der Waals surface area contributed by atoms with Gasteiger partial charge in [-0.1, -0.05) is 56.5 Å². The molecule has 1 atom stereocenters. The van der Waals surface area contributed by atoms with Gasteiger partial charge in [0.2, 0.25) is 0 Å². The maximum atomic E-state index is 11.9. The van der Waals surface area contributed by atoms with E-state index in [0.717, 1.165) is 24.8 Å². The second kappa shape index (κ2) is 6.36. The number of amides is 3. The molecule has 1 aliphatic heterocycles. The first-order valence-corrected chi connectivity index (χ1v) is 6.90. The molecule has 1 unspecified atom stereocenters. The molecule has 0 aromatic heterocycles. The Balaban J connectivity index is 2.06. The van der Waals surface area contributed by atoms with Crippen LogP contribution in [0.4, 0.5) is 4.79 Å². The van der Waals surface area contributed by atoms with E-state index in [9.17, 15) is 9.59 Å². The molecule has 1 N–H and O–H groups in total. The minimum Gasteiger partial charge on any atom is -0.308 e. The number of hydrogen-bond donors (Lipinski definition) is 1. The van der Waals surface area contributed by atoms with Crippen molar-refractivity contribution in [2.24, 2.45) is 0 Å². The van der Waals surface area contributed by atoms with Gasteiger partial charge in [0.25, 0.3) is 5.91 Å². The lowest BCUT2D eigenvalue weighted by Crippen LogP contribution is -2.30. The summed E-state index contributed by atoms with van der Waals surface area (Å²) < 4.78 is 0. The Bertz CT molecular complexity index is 445. The predicted molar refractivity (Wildman–Crippen MR) is 73.6 cm³/mol. The van der Waals surface area contributed by atoms with E-state index in [0.29, 0.717) is 6.54 Å². The number of carbonyl (C=O) groups is 2. The zero-order valence-corrected chi connectivity index (χ0v) is 11.3. The van der Waals surface area contributed by atoms with Crippen LogP contribution < -0.4 is 5.32 Å². The van der Waals surface area contributed by atoms with Crippen molar-refractivity contribution < 1.29 is 9.59 Å². The van der Waals surface area contributed by atoms with Crippen LogP contribution in [-0.2, 0) is 4.79 Å². The van der Waals surface area contributed by atoms with Crippen molar-refractivity contribution >= 4 is 11.9 Å². The Morgan fingerprint density at radius 2 is 1.84 bits per heavy atom. The first-order chi connectivity index (χ1) is 9.24. The summed E-state index contributed by atoms with van der Waals surface area (Å²) in [4.78, 5) is 25.4. The Morgan fingerprint density at radius 3 is 2.53 bits per heavy atom. The van der Waals surface area contributed by atoms with E-state index in [1.165, 1.54) is 6.42 Å². The fourth-order valence-corrected chi connectivity index (χ4v) is 2.41. The SMILES string of the molecule is CCCCCCN1C(=O)NC(=O)C1c1ccccc1. The minimum absolute atomic E-state index is 0.216. The lowest BCUT2D eigenvalue weighted by molar-refractivity contribution is -0.121. The Morgan fingerprint density at radius 1 is 1.11 bits per heavy atom. The molecule has 0 aliphatic carbocycles. The molecule has 4 nitrogen and oxygen atoms in total. The molecular weight excluding hydrogens is 240 g/mol. The molecule has 1 saturated heterocycles. The smallest absolute Gasteiger partial charge is 0.308 e. The molecule has 1 heterocycles. The standard InChI is InChI=1S/C15H20N2O2/c1-2-3-4-8-11-17-13(14(18)16-15(17)19)12-9-6-5-7-10-12/h5-7,9-10,13H,2-4,8,11H2,1H3,(H,16,18,19). The third-order valence-electron chi connectivity index (χ3n) is 3.42. The average molecular weight is 260 g/mol. The van der Waals surface area contributed by atoms with Gasteiger partial charge in [-0.2, -0.15) is 0 Å². The van der Waals surface area contributed by atoms with Crippen molar-refractivity contribution in [2.45, 2.75) is 38.6 Å². The highest BCUT2D eigenvalue weighted by atomic mass is 16.2. The second-order valence-electron chi connectivity index (χ2n) is 4.86. The molecule has 19 heavy (non-hydrogen) atoms. The molecule has 0 saturated carbocycles. The fraction of sp³-hybridized carbons (Fsp3) is 0.467. The first-order valence-electron chi connectivity index (χ1n) is 6.90. The normalized spacial score (nSPS) is 18.8. The molecule has 1 aliphatic rings. The number of hydrogen-bond acceptors (Lipinski definition) is 2. The third kappa shape index (κ3) is 3.13. The molecule has 2 rings (SSSR count). The molecule has 0 spiro atoms. The lowest BCUT2D eigenvalue weighted by atomic mass is 10.1. The third-order valence-corrected chi connectivity index (χ3v) is 3.42. The summed E-state index contributed by atoms with van der Waals surface area (Å²) in [7, 11) is 0. The van der Waals surface area contributed by atoms with Crippen LogP contribution in [0, 0.1) is 0 Å². The molecule has 102 valence electrons. The van der Waals surface area contributed by atoms with E-state index in [1.54, 1.807) is 4.90 Å². The van der Waals surface area contributed by atoms with E-state index >= 15 is 0 Å². The fourth-order valence-electron chi connectivity index (χ4n) is 2.41. The van der Waals surface area contributed by atoms with Gasteiger partial charge in [0.05, 0.1) is 0 Å². The van der Waals surface area contributed by atoms with Crippen LogP contribution in [-0.4, -0.2) is 23.4 Å². The van der Waals surface area contributed by atoms with Gasteiger partial charge in [0.1, 0.15) is 6.04 Å². The van der Waals surface area contributed by atoms with Crippen LogP contribution in [0.3, 0.4) is 0 Å². The quantitative estimate of drug-likeness (QED) is 0.631. The van der Waals surface area contributed by atoms with Crippen molar-refractivity contribution in [3.63, 3.8) is 0 Å². The Hall–Kier alpha value is -1.84. The van der Waals surface area contributed by atoms with Crippen LogP contribution in [0.5, 0.6) is 0 Å². The molecule has 1 aromatic carbocycles. The van der Waals surface area contributed by atoms with E-state index < -0.39 is 6.04 Å². The van der Waals surface area contributed by atoms with Gasteiger partial charge in [-0.3, -0.25) is 10.1 Å². The molecule has 4 heteroatoms. The molecule has 1 fully saturated rings. The van der Waals surface area contributed by atoms with Crippen molar-refractivity contribution in [3.05, 3.63) is 35.9 Å². The largest absolute Gasteiger partial charge is 0.325 e. The second-order valence-corrected chi connectivity index (χ2v) is 4.86. The first kappa shape index (κ1) is 13.6. The highest BCUT2D eigenvalue weighted by Gasteiger charge is 2.38. The van der Waals surface area contributed by atoms with Crippen molar-refractivity contribution in [3.8, 4) is 0 Å². The summed E-state index contributed by atoms with van der Waals surface area (Å²) in [6.45, 7) is 2.79. The van der Waals surface area contributed by atoms with E-state index in [-0.39, 0.29) is 11.9 Å². The summed E-state index contributed by atoms with van der Waals surface area (Å²) in [5.74, 6) is -0.216. The number of rotatable bonds is 6. The van der Waals surface area contributed by atoms with Gasteiger partial charge < -0.3 is 4.90 Å². The van der Waals surface area contributed by atoms with Crippen LogP contribution in [0.2, 0.25) is 0 Å². The van der Waals surface area contributed by atoms with Gasteiger partial charge in [-0.05, 0) is 12.0 Å². The van der Waals surface area contributed by atoms with Gasteiger partial charge in [-0.25, -0.2) is 4.79 Å². The van der Waals surface area contributed by atoms with Crippen LogP contribution in [0.1, 0.15) is 44.2 Å². The maximum Gasteiger partial charge on any atom is 0.325 e. The highest BCUT2D eigenvalue weighted by Crippen LogP contribution is 2.25. The van der Waals surface area contributed by atoms with Crippen molar-refractivity contribution in [1.82, 2.24) is 10.2 Å². The van der Waals surface area contributed by atoms with E-state index in [2.05, 4.69) is 12.2 Å². The van der Waals surface area contributed by atoms with Gasteiger partial charge in [-0.15, -0.1) is 0 Å². The Labute approximate surface area is 113 Å². The molecule has 1 aromatic rings. The lowest BCUT2D eigenvalue weighted by Gasteiger charge is -2.21. The molecule has 3 amide bonds. The summed E-state index contributed by atoms with van der Waals surface area (Å²) in [6.07, 6.45) is 4.36. The average Bonchev–Trinajstić information content (AvgIpc) is 2.70. The minimum atomic E-state index is -0.463. The maximum absolute atomic E-state index is 11.9. The van der Waals surface area contributed by atoms with Crippen LogP contribution >= 0.6 is 0 Å².